The summed E-state index contributed by atoms with van der Waals surface area (Å²) < 4.78 is 20.1. The van der Waals surface area contributed by atoms with E-state index in [9.17, 15) is 18.8 Å². The zero-order chi connectivity index (χ0) is 35.3. The van der Waals surface area contributed by atoms with E-state index in [2.05, 4.69) is 76.0 Å². The van der Waals surface area contributed by atoms with Crippen molar-refractivity contribution in [3.05, 3.63) is 105 Å². The molecule has 1 saturated heterocycles. The maximum atomic E-state index is 14.3. The number of aryl methyl sites for hydroxylation is 3. The Kier molecular flexibility index (Phi) is 11.4. The van der Waals surface area contributed by atoms with Crippen molar-refractivity contribution in [1.82, 2.24) is 15.5 Å². The molecule has 2 amide bonds. The van der Waals surface area contributed by atoms with Crippen LogP contribution in [0.25, 0.3) is 5.57 Å². The average molecular weight is 747 g/mol. The molecule has 6 rings (SSSR count). The van der Waals surface area contributed by atoms with Crippen molar-refractivity contribution in [3.63, 3.8) is 0 Å². The van der Waals surface area contributed by atoms with Crippen LogP contribution in [0, 0.1) is 12.7 Å². The molecular weight excluding hydrogens is 701 g/mol. The second-order valence-corrected chi connectivity index (χ2v) is 14.8. The molecule has 50 heavy (non-hydrogen) atoms. The predicted octanol–water partition coefficient (Wildman–Crippen LogP) is 6.77. The molecule has 2 bridgehead atoms. The van der Waals surface area contributed by atoms with Gasteiger partial charge in [0.05, 0.1) is 17.1 Å². The SMILES string of the molecule is Cc1ccccc1CCC1(NC(=O)C2=C(c3ccc(CCCOc4cc(F)ccc4Br)cc3)C[C@@H]3CN(C(=O)CCCC(=O)O)C[C@H]2N3)CC1. The Hall–Kier alpha value is -4.02. The van der Waals surface area contributed by atoms with E-state index in [1.165, 1.54) is 23.3 Å². The fourth-order valence-electron chi connectivity index (χ4n) is 7.22. The Morgan fingerprint density at radius 3 is 2.54 bits per heavy atom. The molecular formula is C40H45BrFN3O5. The van der Waals surface area contributed by atoms with Crippen LogP contribution in [0.2, 0.25) is 0 Å². The first-order valence-electron chi connectivity index (χ1n) is 17.6. The Labute approximate surface area is 301 Å². The second kappa shape index (κ2) is 15.9. The molecule has 2 heterocycles. The van der Waals surface area contributed by atoms with Gasteiger partial charge >= 0.3 is 5.97 Å². The average Bonchev–Trinajstić information content (AvgIpc) is 3.86. The molecule has 3 aromatic rings. The number of carboxylic acids is 1. The fourth-order valence-corrected chi connectivity index (χ4v) is 7.58. The molecule has 0 radical (unpaired) electrons. The van der Waals surface area contributed by atoms with Crippen LogP contribution >= 0.6 is 15.9 Å². The van der Waals surface area contributed by atoms with Gasteiger partial charge in [-0.3, -0.25) is 14.4 Å². The summed E-state index contributed by atoms with van der Waals surface area (Å²) in [7, 11) is 0. The Morgan fingerprint density at radius 1 is 1.02 bits per heavy atom. The van der Waals surface area contributed by atoms with Gasteiger partial charge in [-0.05, 0) is 114 Å². The van der Waals surface area contributed by atoms with E-state index in [0.29, 0.717) is 48.3 Å². The van der Waals surface area contributed by atoms with Gasteiger partial charge in [-0.15, -0.1) is 0 Å². The van der Waals surface area contributed by atoms with Crippen LogP contribution in [-0.4, -0.2) is 65.1 Å². The predicted molar refractivity (Wildman–Crippen MR) is 194 cm³/mol. The van der Waals surface area contributed by atoms with E-state index in [-0.39, 0.29) is 48.1 Å². The van der Waals surface area contributed by atoms with Gasteiger partial charge < -0.3 is 25.4 Å². The molecule has 2 aliphatic heterocycles. The molecule has 3 aliphatic rings. The van der Waals surface area contributed by atoms with E-state index in [1.54, 1.807) is 11.0 Å². The van der Waals surface area contributed by atoms with Gasteiger partial charge in [-0.2, -0.15) is 0 Å². The maximum absolute atomic E-state index is 14.3. The summed E-state index contributed by atoms with van der Waals surface area (Å²) in [5.41, 5.74) is 6.16. The standard InChI is InChI=1S/C40H45BrFN3O5/c1-26-6-2-3-8-28(26)17-18-40(19-20-40)44-39(49)38-32(23-31-24-45(25-34(38)43-31)36(46)9-4-10-37(47)48)29-13-11-27(12-14-29)7-5-21-50-35-22-30(42)15-16-33(35)41/h2-3,6,8,11-16,22,31,34,43H,4-5,7,9-10,17-21,23-25H2,1H3,(H,44,49)(H,47,48)/t31-,34-/m1/s1. The second-order valence-electron chi connectivity index (χ2n) is 13.9. The van der Waals surface area contributed by atoms with E-state index in [4.69, 9.17) is 9.84 Å². The molecule has 0 unspecified atom stereocenters. The number of piperazine rings is 1. The minimum Gasteiger partial charge on any atom is -0.492 e. The van der Waals surface area contributed by atoms with Gasteiger partial charge in [0.2, 0.25) is 11.8 Å². The highest BCUT2D eigenvalue weighted by atomic mass is 79.9. The number of carbonyl (C=O) groups is 3. The number of hydrogen-bond acceptors (Lipinski definition) is 5. The zero-order valence-electron chi connectivity index (χ0n) is 28.5. The molecule has 1 aliphatic carbocycles. The Bertz CT molecular complexity index is 1760. The van der Waals surface area contributed by atoms with Crippen molar-refractivity contribution in [3.8, 4) is 5.75 Å². The molecule has 0 spiro atoms. The third kappa shape index (κ3) is 9.01. The smallest absolute Gasteiger partial charge is 0.303 e. The number of ether oxygens (including phenoxy) is 1. The van der Waals surface area contributed by atoms with E-state index in [1.807, 2.05) is 6.07 Å². The summed E-state index contributed by atoms with van der Waals surface area (Å²) in [5, 5.41) is 16.1. The summed E-state index contributed by atoms with van der Waals surface area (Å²) >= 11 is 3.40. The molecule has 2 fully saturated rings. The highest BCUT2D eigenvalue weighted by Crippen LogP contribution is 2.41. The van der Waals surface area contributed by atoms with Crippen molar-refractivity contribution in [1.29, 1.82) is 0 Å². The summed E-state index contributed by atoms with van der Waals surface area (Å²) in [6.07, 6.45) is 6.23. The lowest BCUT2D eigenvalue weighted by Crippen LogP contribution is -2.62. The number of amides is 2. The Balaban J connectivity index is 1.17. The number of fused-ring (bicyclic) bond motifs is 2. The van der Waals surface area contributed by atoms with Gasteiger partial charge in [0, 0.05) is 49.2 Å². The third-order valence-corrected chi connectivity index (χ3v) is 10.9. The number of benzene rings is 3. The topological polar surface area (TPSA) is 108 Å². The lowest BCUT2D eigenvalue weighted by molar-refractivity contribution is -0.137. The number of nitrogens with zero attached hydrogens (tertiary/aromatic N) is 1. The first kappa shape index (κ1) is 35.8. The van der Waals surface area contributed by atoms with Crippen molar-refractivity contribution in [2.24, 2.45) is 0 Å². The molecule has 264 valence electrons. The van der Waals surface area contributed by atoms with Crippen LogP contribution in [0.3, 0.4) is 0 Å². The van der Waals surface area contributed by atoms with E-state index in [0.717, 1.165) is 55.2 Å². The molecule has 10 heteroatoms. The first-order valence-corrected chi connectivity index (χ1v) is 18.4. The lowest BCUT2D eigenvalue weighted by atomic mass is 9.82. The number of hydrogen-bond donors (Lipinski definition) is 3. The molecule has 2 atom stereocenters. The number of aliphatic carboxylic acids is 1. The van der Waals surface area contributed by atoms with E-state index < -0.39 is 5.97 Å². The highest BCUT2D eigenvalue weighted by Gasteiger charge is 2.46. The number of carboxylic acid groups (broad SMARTS) is 1. The van der Waals surface area contributed by atoms with Crippen LogP contribution < -0.4 is 15.4 Å². The normalized spacial score (nSPS) is 19.2. The number of halogens is 2. The summed E-state index contributed by atoms with van der Waals surface area (Å²) in [6.45, 7) is 3.45. The van der Waals surface area contributed by atoms with E-state index >= 15 is 0 Å². The Morgan fingerprint density at radius 2 is 1.80 bits per heavy atom. The van der Waals surface area contributed by atoms with Gasteiger partial charge in [0.15, 0.2) is 0 Å². The first-order chi connectivity index (χ1) is 24.1. The number of carbonyl (C=O) groups excluding carboxylic acids is 2. The third-order valence-electron chi connectivity index (χ3n) is 10.2. The largest absolute Gasteiger partial charge is 0.492 e. The van der Waals surface area contributed by atoms with Crippen LogP contribution in [0.1, 0.15) is 73.6 Å². The van der Waals surface area contributed by atoms with Crippen molar-refractivity contribution >= 4 is 39.3 Å². The van der Waals surface area contributed by atoms with Crippen LogP contribution in [-0.2, 0) is 27.2 Å². The highest BCUT2D eigenvalue weighted by molar-refractivity contribution is 9.10. The summed E-state index contributed by atoms with van der Waals surface area (Å²) in [4.78, 5) is 40.3. The number of nitrogens with one attached hydrogen (secondary N) is 2. The summed E-state index contributed by atoms with van der Waals surface area (Å²) in [5.74, 6) is -0.912. The fraction of sp³-hybridized carbons (Fsp3) is 0.425. The van der Waals surface area contributed by atoms with Crippen molar-refractivity contribution in [2.75, 3.05) is 19.7 Å². The van der Waals surface area contributed by atoms with Gasteiger partial charge in [0.25, 0.3) is 0 Å². The quantitative estimate of drug-likeness (QED) is 0.148. The maximum Gasteiger partial charge on any atom is 0.303 e. The molecule has 3 aromatic carbocycles. The molecule has 1 saturated carbocycles. The minimum atomic E-state index is -0.908. The van der Waals surface area contributed by atoms with Gasteiger partial charge in [-0.1, -0.05) is 48.5 Å². The van der Waals surface area contributed by atoms with Crippen LogP contribution in [0.15, 0.2) is 76.8 Å². The van der Waals surface area contributed by atoms with Crippen LogP contribution in [0.5, 0.6) is 5.75 Å². The van der Waals surface area contributed by atoms with Crippen molar-refractivity contribution in [2.45, 2.75) is 88.8 Å². The lowest BCUT2D eigenvalue weighted by Gasteiger charge is -2.44. The molecule has 3 N–H and O–H groups in total. The molecule has 8 nitrogen and oxygen atoms in total. The van der Waals surface area contributed by atoms with Gasteiger partial charge in [0.1, 0.15) is 11.6 Å². The zero-order valence-corrected chi connectivity index (χ0v) is 30.1. The summed E-state index contributed by atoms with van der Waals surface area (Å²) in [6, 6.07) is 20.8. The minimum absolute atomic E-state index is 0.0152. The number of rotatable bonds is 15. The van der Waals surface area contributed by atoms with Crippen molar-refractivity contribution < 1.29 is 28.6 Å². The van der Waals surface area contributed by atoms with Gasteiger partial charge in [-0.25, -0.2) is 4.39 Å². The molecule has 0 aromatic heterocycles. The van der Waals surface area contributed by atoms with Crippen LogP contribution in [0.4, 0.5) is 4.39 Å². The monoisotopic (exact) mass is 745 g/mol.